The van der Waals surface area contributed by atoms with Crippen LogP contribution in [0.15, 0.2) is 47.5 Å². The first-order valence-electron chi connectivity index (χ1n) is 6.98. The molecule has 2 aromatic carbocycles. The van der Waals surface area contributed by atoms with Crippen molar-refractivity contribution in [3.63, 3.8) is 0 Å². The third-order valence-electron chi connectivity index (χ3n) is 3.50. The van der Waals surface area contributed by atoms with Gasteiger partial charge < -0.3 is 4.57 Å². The lowest BCUT2D eigenvalue weighted by Crippen LogP contribution is -2.17. The fourth-order valence-corrected chi connectivity index (χ4v) is 3.61. The number of fused-ring (bicyclic) bond motifs is 1. The number of halogens is 1. The van der Waals surface area contributed by atoms with Crippen LogP contribution in [-0.4, -0.2) is 10.5 Å². The number of carbonyl (C=O) groups excluding carboxylic acids is 1. The minimum Gasteiger partial charge on any atom is -0.304 e. The second-order valence-electron chi connectivity index (χ2n) is 4.98. The largest absolute Gasteiger partial charge is 0.304 e. The molecular weight excluding hydrogens is 328 g/mol. The summed E-state index contributed by atoms with van der Waals surface area (Å²) in [5.41, 5.74) is 2.41. The van der Waals surface area contributed by atoms with Crippen LogP contribution < -0.4 is 4.80 Å². The van der Waals surface area contributed by atoms with E-state index >= 15 is 0 Å². The van der Waals surface area contributed by atoms with Gasteiger partial charge in [0, 0.05) is 10.6 Å². The molecule has 0 aliphatic rings. The molecule has 0 saturated heterocycles. The van der Waals surface area contributed by atoms with Gasteiger partial charge in [0.15, 0.2) is 4.80 Å². The smallest absolute Gasteiger partial charge is 0.279 e. The van der Waals surface area contributed by atoms with E-state index in [2.05, 4.69) is 10.9 Å². The summed E-state index contributed by atoms with van der Waals surface area (Å²) in [5.74, 6) is 2.33. The fourth-order valence-electron chi connectivity index (χ4n) is 2.37. The number of terminal acetylenes is 1. The van der Waals surface area contributed by atoms with E-state index in [1.807, 2.05) is 41.8 Å². The molecule has 0 fully saturated rings. The molecule has 1 aromatic heterocycles. The zero-order valence-electron chi connectivity index (χ0n) is 12.4. The Morgan fingerprint density at radius 1 is 1.30 bits per heavy atom. The quantitative estimate of drug-likeness (QED) is 0.648. The fraction of sp³-hybridized carbons (Fsp3) is 0.111. The van der Waals surface area contributed by atoms with Crippen molar-refractivity contribution in [3.05, 3.63) is 63.4 Å². The van der Waals surface area contributed by atoms with Crippen LogP contribution in [0, 0.1) is 19.3 Å². The molecule has 3 aromatic rings. The molecule has 0 bridgehead atoms. The number of hydrogen-bond donors (Lipinski definition) is 0. The highest BCUT2D eigenvalue weighted by molar-refractivity contribution is 7.16. The van der Waals surface area contributed by atoms with Gasteiger partial charge in [-0.15, -0.1) is 6.42 Å². The van der Waals surface area contributed by atoms with Gasteiger partial charge >= 0.3 is 0 Å². The molecule has 0 saturated carbocycles. The Balaban J connectivity index is 2.23. The van der Waals surface area contributed by atoms with Crippen LogP contribution in [0.1, 0.15) is 15.9 Å². The van der Waals surface area contributed by atoms with Crippen molar-refractivity contribution < 1.29 is 4.79 Å². The summed E-state index contributed by atoms with van der Waals surface area (Å²) in [6.07, 6.45) is 5.48. The van der Waals surface area contributed by atoms with E-state index in [4.69, 9.17) is 18.0 Å². The van der Waals surface area contributed by atoms with Crippen molar-refractivity contribution in [1.82, 2.24) is 4.57 Å². The number of aromatic nitrogens is 1. The van der Waals surface area contributed by atoms with Crippen LogP contribution in [0.5, 0.6) is 0 Å². The zero-order valence-corrected chi connectivity index (χ0v) is 14.0. The third kappa shape index (κ3) is 2.94. The van der Waals surface area contributed by atoms with Crippen LogP contribution in [0.3, 0.4) is 0 Å². The number of aryl methyl sites for hydroxylation is 1. The second kappa shape index (κ2) is 6.41. The molecule has 0 spiro atoms. The summed E-state index contributed by atoms with van der Waals surface area (Å²) in [7, 11) is 0. The Hall–Kier alpha value is -2.35. The van der Waals surface area contributed by atoms with Crippen LogP contribution in [0.25, 0.3) is 10.2 Å². The van der Waals surface area contributed by atoms with E-state index in [1.165, 1.54) is 11.3 Å². The Morgan fingerprint density at radius 2 is 2.04 bits per heavy atom. The van der Waals surface area contributed by atoms with Gasteiger partial charge in [0.05, 0.1) is 16.8 Å². The zero-order chi connectivity index (χ0) is 16.4. The first-order valence-corrected chi connectivity index (χ1v) is 8.17. The highest BCUT2D eigenvalue weighted by Gasteiger charge is 2.12. The summed E-state index contributed by atoms with van der Waals surface area (Å²) in [5, 5.41) is 0.669. The minimum absolute atomic E-state index is 0.285. The Bertz CT molecular complexity index is 994. The predicted octanol–water partition coefficient (Wildman–Crippen LogP) is 4.04. The number of benzene rings is 2. The highest BCUT2D eigenvalue weighted by atomic mass is 35.5. The van der Waals surface area contributed by atoms with Crippen LogP contribution in [0.2, 0.25) is 5.02 Å². The Morgan fingerprint density at radius 3 is 2.74 bits per heavy atom. The topological polar surface area (TPSA) is 34.4 Å². The summed E-state index contributed by atoms with van der Waals surface area (Å²) in [4.78, 5) is 17.2. The molecule has 5 heteroatoms. The van der Waals surface area contributed by atoms with Crippen molar-refractivity contribution in [1.29, 1.82) is 0 Å². The van der Waals surface area contributed by atoms with E-state index in [1.54, 1.807) is 12.1 Å². The van der Waals surface area contributed by atoms with Crippen LogP contribution in [0.4, 0.5) is 0 Å². The van der Waals surface area contributed by atoms with E-state index in [0.29, 0.717) is 21.9 Å². The van der Waals surface area contributed by atoms with Crippen molar-refractivity contribution in [2.45, 2.75) is 13.5 Å². The van der Waals surface area contributed by atoms with Gasteiger partial charge in [0.25, 0.3) is 5.91 Å². The number of carbonyl (C=O) groups is 1. The first kappa shape index (κ1) is 15.5. The average Bonchev–Trinajstić information content (AvgIpc) is 2.90. The maximum Gasteiger partial charge on any atom is 0.279 e. The molecule has 1 amide bonds. The Labute approximate surface area is 142 Å². The monoisotopic (exact) mass is 340 g/mol. The van der Waals surface area contributed by atoms with Crippen molar-refractivity contribution in [2.75, 3.05) is 0 Å². The van der Waals surface area contributed by atoms with Crippen LogP contribution >= 0.6 is 22.9 Å². The van der Waals surface area contributed by atoms with Gasteiger partial charge in [-0.05, 0) is 36.8 Å². The average molecular weight is 341 g/mol. The first-order chi connectivity index (χ1) is 11.1. The van der Waals surface area contributed by atoms with E-state index in [9.17, 15) is 4.79 Å². The lowest BCUT2D eigenvalue weighted by molar-refractivity contribution is 0.0998. The molecule has 3 nitrogen and oxygen atoms in total. The predicted molar refractivity (Wildman–Crippen MR) is 94.7 cm³/mol. The molecule has 114 valence electrons. The lowest BCUT2D eigenvalue weighted by Gasteiger charge is -2.04. The van der Waals surface area contributed by atoms with Gasteiger partial charge in [-0.3, -0.25) is 4.79 Å². The normalized spacial score (nSPS) is 11.6. The number of hydrogen-bond acceptors (Lipinski definition) is 2. The molecule has 0 atom stereocenters. The van der Waals surface area contributed by atoms with Gasteiger partial charge in [-0.2, -0.15) is 4.99 Å². The van der Waals surface area contributed by atoms with Gasteiger partial charge in [-0.25, -0.2) is 0 Å². The molecule has 1 heterocycles. The van der Waals surface area contributed by atoms with Crippen molar-refractivity contribution >= 4 is 39.1 Å². The lowest BCUT2D eigenvalue weighted by atomic mass is 10.2. The molecule has 0 N–H and O–H groups in total. The third-order valence-corrected chi connectivity index (χ3v) is 4.95. The molecule has 3 rings (SSSR count). The van der Waals surface area contributed by atoms with Crippen LogP contribution in [-0.2, 0) is 6.54 Å². The number of rotatable bonds is 2. The second-order valence-corrected chi connectivity index (χ2v) is 6.39. The maximum atomic E-state index is 12.3. The number of amides is 1. The minimum atomic E-state index is -0.285. The Kier molecular flexibility index (Phi) is 4.33. The van der Waals surface area contributed by atoms with E-state index < -0.39 is 0 Å². The molecular formula is C18H13ClN2OS. The van der Waals surface area contributed by atoms with Gasteiger partial charge in [-0.1, -0.05) is 47.1 Å². The highest BCUT2D eigenvalue weighted by Crippen LogP contribution is 2.27. The molecule has 0 unspecified atom stereocenters. The number of nitrogens with zero attached hydrogens (tertiary/aromatic N) is 2. The summed E-state index contributed by atoms with van der Waals surface area (Å²) < 4.78 is 2.86. The van der Waals surface area contributed by atoms with E-state index in [-0.39, 0.29) is 5.91 Å². The van der Waals surface area contributed by atoms with Gasteiger partial charge in [0.2, 0.25) is 0 Å². The number of thiazole rings is 1. The van der Waals surface area contributed by atoms with E-state index in [0.717, 1.165) is 15.8 Å². The summed E-state index contributed by atoms with van der Waals surface area (Å²) in [6, 6.07) is 12.7. The molecule has 0 aliphatic heterocycles. The molecule has 0 aliphatic carbocycles. The standard InChI is InChI=1S/C18H13ClN2OS/c1-3-11-21-16-12(2)14(19)9-10-15(16)23-18(21)20-17(22)13-7-5-4-6-8-13/h1,4-10H,11H2,2H3. The van der Waals surface area contributed by atoms with Crippen molar-refractivity contribution in [3.8, 4) is 12.3 Å². The maximum absolute atomic E-state index is 12.3. The summed E-state index contributed by atoms with van der Waals surface area (Å²) >= 11 is 7.64. The molecule has 23 heavy (non-hydrogen) atoms. The van der Waals surface area contributed by atoms with Gasteiger partial charge in [0.1, 0.15) is 0 Å². The molecule has 0 radical (unpaired) electrons. The SMILES string of the molecule is C#CCn1c(=NC(=O)c2ccccc2)sc2ccc(Cl)c(C)c21. The summed E-state index contributed by atoms with van der Waals surface area (Å²) in [6.45, 7) is 2.27. The van der Waals surface area contributed by atoms with Crippen molar-refractivity contribution in [2.24, 2.45) is 4.99 Å².